The first kappa shape index (κ1) is 11.2. The molecule has 0 atom stereocenters. The fourth-order valence-corrected chi connectivity index (χ4v) is 2.71. The molecular weight excluding hydrogens is 246 g/mol. The van der Waals surface area contributed by atoms with Crippen molar-refractivity contribution in [3.8, 4) is 28.1 Å². The van der Waals surface area contributed by atoms with Crippen molar-refractivity contribution < 1.29 is 4.74 Å². The lowest BCUT2D eigenvalue weighted by molar-refractivity contribution is 0.301. The number of aromatic nitrogens is 1. The van der Waals surface area contributed by atoms with Crippen LogP contribution in [-0.2, 0) is 6.61 Å². The van der Waals surface area contributed by atoms with Gasteiger partial charge in [-0.2, -0.15) is 0 Å². The zero-order valence-corrected chi connectivity index (χ0v) is 10.9. The van der Waals surface area contributed by atoms with Crippen molar-refractivity contribution in [2.75, 3.05) is 0 Å². The molecule has 0 fully saturated rings. The quantitative estimate of drug-likeness (QED) is 0.649. The molecule has 2 aromatic carbocycles. The fourth-order valence-electron chi connectivity index (χ4n) is 2.71. The highest BCUT2D eigenvalue weighted by Crippen LogP contribution is 2.39. The minimum Gasteiger partial charge on any atom is -0.487 e. The second-order valence-corrected chi connectivity index (χ2v) is 4.84. The standard InChI is InChI=1S/C18H13NO/c1-2-6-13(7-3-1)14-8-4-9-15-16(14)12-20-17-10-5-11-19-18(15)17/h1-11H,12H2. The van der Waals surface area contributed by atoms with E-state index in [1.807, 2.05) is 24.4 Å². The Balaban J connectivity index is 1.95. The number of fused-ring (bicyclic) bond motifs is 3. The van der Waals surface area contributed by atoms with Crippen LogP contribution in [-0.4, -0.2) is 4.98 Å². The molecule has 0 N–H and O–H groups in total. The van der Waals surface area contributed by atoms with E-state index >= 15 is 0 Å². The van der Waals surface area contributed by atoms with Crippen molar-refractivity contribution in [3.63, 3.8) is 0 Å². The Kier molecular flexibility index (Phi) is 2.52. The Morgan fingerprint density at radius 3 is 2.55 bits per heavy atom. The number of hydrogen-bond donors (Lipinski definition) is 0. The minimum atomic E-state index is 0.596. The minimum absolute atomic E-state index is 0.596. The van der Waals surface area contributed by atoms with Crippen LogP contribution in [0.2, 0.25) is 0 Å². The normalized spacial score (nSPS) is 12.2. The number of benzene rings is 2. The van der Waals surface area contributed by atoms with Crippen LogP contribution in [0.1, 0.15) is 5.56 Å². The first-order valence-corrected chi connectivity index (χ1v) is 6.69. The van der Waals surface area contributed by atoms with Crippen molar-refractivity contribution in [2.45, 2.75) is 6.61 Å². The van der Waals surface area contributed by atoms with Gasteiger partial charge < -0.3 is 4.74 Å². The Hall–Kier alpha value is -2.61. The van der Waals surface area contributed by atoms with Crippen LogP contribution < -0.4 is 4.74 Å². The van der Waals surface area contributed by atoms with E-state index in [1.165, 1.54) is 22.3 Å². The highest BCUT2D eigenvalue weighted by atomic mass is 16.5. The van der Waals surface area contributed by atoms with E-state index in [9.17, 15) is 0 Å². The van der Waals surface area contributed by atoms with Crippen LogP contribution >= 0.6 is 0 Å². The molecule has 0 unspecified atom stereocenters. The molecule has 2 heteroatoms. The Morgan fingerprint density at radius 2 is 1.65 bits per heavy atom. The molecule has 1 aliphatic heterocycles. The van der Waals surface area contributed by atoms with Crippen LogP contribution in [0.4, 0.5) is 0 Å². The van der Waals surface area contributed by atoms with Gasteiger partial charge in [-0.1, -0.05) is 48.5 Å². The largest absolute Gasteiger partial charge is 0.487 e. The predicted molar refractivity (Wildman–Crippen MR) is 79.4 cm³/mol. The summed E-state index contributed by atoms with van der Waals surface area (Å²) in [6.45, 7) is 0.596. The number of nitrogens with zero attached hydrogens (tertiary/aromatic N) is 1. The maximum Gasteiger partial charge on any atom is 0.146 e. The molecule has 0 saturated heterocycles. The second-order valence-electron chi connectivity index (χ2n) is 4.84. The van der Waals surface area contributed by atoms with Gasteiger partial charge in [0.1, 0.15) is 18.1 Å². The fraction of sp³-hybridized carbons (Fsp3) is 0.0556. The number of hydrogen-bond acceptors (Lipinski definition) is 2. The third-order valence-corrected chi connectivity index (χ3v) is 3.66. The van der Waals surface area contributed by atoms with Gasteiger partial charge in [-0.15, -0.1) is 0 Å². The molecule has 4 rings (SSSR count). The first-order valence-electron chi connectivity index (χ1n) is 6.69. The van der Waals surface area contributed by atoms with Crippen molar-refractivity contribution in [2.24, 2.45) is 0 Å². The van der Waals surface area contributed by atoms with Gasteiger partial charge >= 0.3 is 0 Å². The Morgan fingerprint density at radius 1 is 0.800 bits per heavy atom. The first-order chi connectivity index (χ1) is 9.93. The average Bonchev–Trinajstić information content (AvgIpc) is 2.55. The zero-order chi connectivity index (χ0) is 13.4. The molecule has 0 radical (unpaired) electrons. The maximum absolute atomic E-state index is 5.85. The summed E-state index contributed by atoms with van der Waals surface area (Å²) < 4.78 is 5.85. The van der Waals surface area contributed by atoms with E-state index < -0.39 is 0 Å². The molecule has 20 heavy (non-hydrogen) atoms. The van der Waals surface area contributed by atoms with E-state index in [1.54, 1.807) is 0 Å². The molecule has 0 bridgehead atoms. The van der Waals surface area contributed by atoms with Crippen molar-refractivity contribution in [1.82, 2.24) is 4.98 Å². The molecule has 0 amide bonds. The smallest absolute Gasteiger partial charge is 0.146 e. The SMILES string of the molecule is c1ccc(-c2cccc3c2COc2cccnc2-3)cc1. The third-order valence-electron chi connectivity index (χ3n) is 3.66. The summed E-state index contributed by atoms with van der Waals surface area (Å²) in [5.74, 6) is 0.866. The van der Waals surface area contributed by atoms with Crippen LogP contribution in [0.3, 0.4) is 0 Å². The molecular formula is C18H13NO. The summed E-state index contributed by atoms with van der Waals surface area (Å²) >= 11 is 0. The van der Waals surface area contributed by atoms with Gasteiger partial charge in [0.2, 0.25) is 0 Å². The molecule has 1 aliphatic rings. The van der Waals surface area contributed by atoms with Gasteiger partial charge in [-0.25, -0.2) is 0 Å². The maximum atomic E-state index is 5.85. The zero-order valence-electron chi connectivity index (χ0n) is 10.9. The number of ether oxygens (including phenoxy) is 1. The highest BCUT2D eigenvalue weighted by Gasteiger charge is 2.20. The van der Waals surface area contributed by atoms with Crippen LogP contribution in [0.15, 0.2) is 66.9 Å². The Labute approximate surface area is 117 Å². The second kappa shape index (κ2) is 4.49. The Bertz CT molecular complexity index is 751. The monoisotopic (exact) mass is 259 g/mol. The molecule has 0 spiro atoms. The van der Waals surface area contributed by atoms with E-state index in [0.29, 0.717) is 6.61 Å². The highest BCUT2D eigenvalue weighted by molar-refractivity contribution is 5.80. The lowest BCUT2D eigenvalue weighted by atomic mass is 9.92. The third kappa shape index (κ3) is 1.69. The average molecular weight is 259 g/mol. The summed E-state index contributed by atoms with van der Waals surface area (Å²) in [5.41, 5.74) is 5.76. The van der Waals surface area contributed by atoms with Gasteiger partial charge in [0.25, 0.3) is 0 Å². The topological polar surface area (TPSA) is 22.1 Å². The van der Waals surface area contributed by atoms with Crippen molar-refractivity contribution in [1.29, 1.82) is 0 Å². The molecule has 2 nitrogen and oxygen atoms in total. The summed E-state index contributed by atoms with van der Waals surface area (Å²) in [6.07, 6.45) is 1.81. The lowest BCUT2D eigenvalue weighted by Gasteiger charge is -2.22. The number of pyridine rings is 1. The van der Waals surface area contributed by atoms with E-state index in [0.717, 1.165) is 11.4 Å². The molecule has 0 saturated carbocycles. The van der Waals surface area contributed by atoms with Crippen LogP contribution in [0.5, 0.6) is 5.75 Å². The lowest BCUT2D eigenvalue weighted by Crippen LogP contribution is -2.08. The molecule has 1 aromatic heterocycles. The summed E-state index contributed by atoms with van der Waals surface area (Å²) in [6, 6.07) is 20.6. The van der Waals surface area contributed by atoms with E-state index in [4.69, 9.17) is 4.74 Å². The summed E-state index contributed by atoms with van der Waals surface area (Å²) in [4.78, 5) is 4.47. The van der Waals surface area contributed by atoms with Crippen LogP contribution in [0, 0.1) is 0 Å². The van der Waals surface area contributed by atoms with Gasteiger partial charge in [-0.05, 0) is 23.3 Å². The molecule has 2 heterocycles. The molecule has 96 valence electrons. The van der Waals surface area contributed by atoms with Gasteiger partial charge in [0, 0.05) is 17.3 Å². The molecule has 3 aromatic rings. The predicted octanol–water partition coefficient (Wildman–Crippen LogP) is 4.31. The van der Waals surface area contributed by atoms with E-state index in [2.05, 4.69) is 47.4 Å². The number of rotatable bonds is 1. The van der Waals surface area contributed by atoms with Gasteiger partial charge in [-0.3, -0.25) is 4.98 Å². The van der Waals surface area contributed by atoms with Crippen LogP contribution in [0.25, 0.3) is 22.4 Å². The van der Waals surface area contributed by atoms with Crippen molar-refractivity contribution >= 4 is 0 Å². The van der Waals surface area contributed by atoms with Crippen molar-refractivity contribution in [3.05, 3.63) is 72.4 Å². The van der Waals surface area contributed by atoms with E-state index in [-0.39, 0.29) is 0 Å². The summed E-state index contributed by atoms with van der Waals surface area (Å²) in [7, 11) is 0. The van der Waals surface area contributed by atoms with Gasteiger partial charge in [0.05, 0.1) is 0 Å². The van der Waals surface area contributed by atoms with Gasteiger partial charge in [0.15, 0.2) is 0 Å². The molecule has 0 aliphatic carbocycles. The summed E-state index contributed by atoms with van der Waals surface area (Å²) in [5, 5.41) is 0.